The number of rotatable bonds is 2. The van der Waals surface area contributed by atoms with E-state index in [2.05, 4.69) is 34.2 Å². The van der Waals surface area contributed by atoms with Crippen LogP contribution < -0.4 is 5.32 Å². The molecule has 1 fully saturated rings. The van der Waals surface area contributed by atoms with Gasteiger partial charge in [0.25, 0.3) is 0 Å². The first-order chi connectivity index (χ1) is 8.47. The summed E-state index contributed by atoms with van der Waals surface area (Å²) in [5, 5.41) is 4.09. The summed E-state index contributed by atoms with van der Waals surface area (Å²) in [4.78, 5) is 11.0. The molecule has 2 heterocycles. The van der Waals surface area contributed by atoms with Crippen LogP contribution in [0.3, 0.4) is 0 Å². The van der Waals surface area contributed by atoms with E-state index in [0.717, 1.165) is 30.9 Å². The third-order valence-electron chi connectivity index (χ3n) is 3.63. The predicted molar refractivity (Wildman–Crippen MR) is 75.2 cm³/mol. The third kappa shape index (κ3) is 2.93. The molecule has 2 rings (SSSR count). The van der Waals surface area contributed by atoms with Crippen LogP contribution in [0, 0.1) is 19.8 Å². The van der Waals surface area contributed by atoms with Crippen molar-refractivity contribution in [2.24, 2.45) is 5.92 Å². The largest absolute Gasteiger partial charge is 0.367 e. The second-order valence-corrected chi connectivity index (χ2v) is 5.67. The lowest BCUT2D eigenvalue weighted by molar-refractivity contribution is 0.206. The molecule has 5 heteroatoms. The Bertz CT molecular complexity index is 435. The molecule has 0 saturated carbocycles. The van der Waals surface area contributed by atoms with E-state index in [1.165, 1.54) is 0 Å². The molecule has 0 bridgehead atoms. The fourth-order valence-electron chi connectivity index (χ4n) is 2.48. The van der Waals surface area contributed by atoms with Crippen molar-refractivity contribution in [1.82, 2.24) is 14.9 Å². The Kier molecular flexibility index (Phi) is 4.07. The van der Waals surface area contributed by atoms with Crippen LogP contribution in [-0.2, 0) is 0 Å². The number of aromatic nitrogens is 2. The number of nitrogens with one attached hydrogen (secondary N) is 1. The molecule has 1 aromatic rings. The van der Waals surface area contributed by atoms with E-state index in [9.17, 15) is 0 Å². The van der Waals surface area contributed by atoms with Crippen molar-refractivity contribution in [2.45, 2.75) is 33.2 Å². The smallest absolute Gasteiger partial charge is 0.137 e. The zero-order valence-corrected chi connectivity index (χ0v) is 12.3. The molecule has 4 nitrogen and oxygen atoms in total. The van der Waals surface area contributed by atoms with Crippen molar-refractivity contribution in [1.29, 1.82) is 0 Å². The summed E-state index contributed by atoms with van der Waals surface area (Å²) in [5.41, 5.74) is 0.938. The Hall–Kier alpha value is -0.870. The number of hydrogen-bond acceptors (Lipinski definition) is 4. The molecular formula is C13H21ClN4. The molecule has 0 aliphatic carbocycles. The maximum atomic E-state index is 6.10. The van der Waals surface area contributed by atoms with E-state index in [4.69, 9.17) is 11.6 Å². The summed E-state index contributed by atoms with van der Waals surface area (Å²) in [6.07, 6.45) is 1.14. The molecule has 18 heavy (non-hydrogen) atoms. The van der Waals surface area contributed by atoms with Gasteiger partial charge in [0.15, 0.2) is 0 Å². The molecule has 2 atom stereocenters. The van der Waals surface area contributed by atoms with Gasteiger partial charge in [0, 0.05) is 18.2 Å². The van der Waals surface area contributed by atoms with Crippen LogP contribution in [0.25, 0.3) is 0 Å². The summed E-state index contributed by atoms with van der Waals surface area (Å²) >= 11 is 6.10. The number of anilines is 1. The zero-order valence-electron chi connectivity index (χ0n) is 11.5. The van der Waals surface area contributed by atoms with Crippen molar-refractivity contribution >= 4 is 17.4 Å². The topological polar surface area (TPSA) is 41.1 Å². The first-order valence-corrected chi connectivity index (χ1v) is 6.81. The summed E-state index contributed by atoms with van der Waals surface area (Å²) in [5.74, 6) is 2.21. The fraction of sp³-hybridized carbons (Fsp3) is 0.692. The summed E-state index contributed by atoms with van der Waals surface area (Å²) in [6.45, 7) is 8.35. The zero-order chi connectivity index (χ0) is 13.3. The van der Waals surface area contributed by atoms with Crippen LogP contribution in [0.1, 0.15) is 24.7 Å². The van der Waals surface area contributed by atoms with Gasteiger partial charge < -0.3 is 10.2 Å². The number of aryl methyl sites for hydroxylation is 1. The van der Waals surface area contributed by atoms with Crippen molar-refractivity contribution in [3.05, 3.63) is 16.5 Å². The molecule has 0 radical (unpaired) electrons. The van der Waals surface area contributed by atoms with E-state index >= 15 is 0 Å². The molecule has 2 unspecified atom stereocenters. The highest BCUT2D eigenvalue weighted by Gasteiger charge is 2.25. The third-order valence-corrected chi connectivity index (χ3v) is 4.00. The molecule has 1 aromatic heterocycles. The molecular weight excluding hydrogens is 248 g/mol. The normalized spacial score (nSPS) is 25.2. The van der Waals surface area contributed by atoms with E-state index in [-0.39, 0.29) is 0 Å². The van der Waals surface area contributed by atoms with E-state index < -0.39 is 0 Å². The minimum Gasteiger partial charge on any atom is -0.367 e. The van der Waals surface area contributed by atoms with Gasteiger partial charge in [0.2, 0.25) is 0 Å². The fourth-order valence-corrected chi connectivity index (χ4v) is 2.69. The molecule has 1 saturated heterocycles. The van der Waals surface area contributed by atoms with Crippen LogP contribution >= 0.6 is 11.6 Å². The first kappa shape index (κ1) is 13.6. The van der Waals surface area contributed by atoms with Crippen LogP contribution in [0.5, 0.6) is 0 Å². The minimum absolute atomic E-state index is 0.463. The molecule has 0 amide bonds. The van der Waals surface area contributed by atoms with Crippen molar-refractivity contribution in [3.8, 4) is 0 Å². The van der Waals surface area contributed by atoms with Gasteiger partial charge in [-0.25, -0.2) is 9.97 Å². The van der Waals surface area contributed by atoms with Crippen LogP contribution in [0.2, 0.25) is 5.15 Å². The molecule has 0 aromatic carbocycles. The van der Waals surface area contributed by atoms with Gasteiger partial charge in [-0.3, -0.25) is 0 Å². The molecule has 1 aliphatic rings. The highest BCUT2D eigenvalue weighted by atomic mass is 35.5. The summed E-state index contributed by atoms with van der Waals surface area (Å²) in [7, 11) is 2.17. The van der Waals surface area contributed by atoms with Gasteiger partial charge in [0.1, 0.15) is 16.8 Å². The molecule has 0 spiro atoms. The van der Waals surface area contributed by atoms with Crippen molar-refractivity contribution in [2.75, 3.05) is 25.5 Å². The SMILES string of the molecule is Cc1nc(Cl)c(C)c(NC2CCN(C)CC2C)n1. The average molecular weight is 269 g/mol. The highest BCUT2D eigenvalue weighted by molar-refractivity contribution is 6.30. The number of piperidine rings is 1. The van der Waals surface area contributed by atoms with Gasteiger partial charge >= 0.3 is 0 Å². The van der Waals surface area contributed by atoms with E-state index in [1.807, 2.05) is 13.8 Å². The second-order valence-electron chi connectivity index (χ2n) is 5.31. The van der Waals surface area contributed by atoms with Crippen LogP contribution in [0.15, 0.2) is 0 Å². The Morgan fingerprint density at radius 2 is 2.06 bits per heavy atom. The lowest BCUT2D eigenvalue weighted by atomic mass is 9.94. The predicted octanol–water partition coefficient (Wildman–Crippen LogP) is 2.50. The van der Waals surface area contributed by atoms with Crippen LogP contribution in [-0.4, -0.2) is 41.0 Å². The quantitative estimate of drug-likeness (QED) is 0.837. The maximum Gasteiger partial charge on any atom is 0.137 e. The first-order valence-electron chi connectivity index (χ1n) is 6.43. The Balaban J connectivity index is 2.14. The van der Waals surface area contributed by atoms with E-state index in [1.54, 1.807) is 0 Å². The van der Waals surface area contributed by atoms with Gasteiger partial charge in [-0.2, -0.15) is 0 Å². The molecule has 1 N–H and O–H groups in total. The molecule has 1 aliphatic heterocycles. The number of nitrogens with zero attached hydrogens (tertiary/aromatic N) is 3. The summed E-state index contributed by atoms with van der Waals surface area (Å²) < 4.78 is 0. The second kappa shape index (κ2) is 5.41. The van der Waals surface area contributed by atoms with E-state index in [0.29, 0.717) is 22.9 Å². The number of likely N-dealkylation sites (tertiary alicyclic amines) is 1. The highest BCUT2D eigenvalue weighted by Crippen LogP contribution is 2.24. The Labute approximate surface area is 114 Å². The number of halogens is 1. The van der Waals surface area contributed by atoms with Gasteiger partial charge in [-0.05, 0) is 39.8 Å². The Morgan fingerprint density at radius 1 is 1.33 bits per heavy atom. The number of hydrogen-bond donors (Lipinski definition) is 1. The monoisotopic (exact) mass is 268 g/mol. The van der Waals surface area contributed by atoms with Gasteiger partial charge in [-0.15, -0.1) is 0 Å². The average Bonchev–Trinajstić information content (AvgIpc) is 2.29. The molecule has 100 valence electrons. The standard InChI is InChI=1S/C13H21ClN4/c1-8-7-18(4)6-5-11(8)17-13-9(2)12(14)15-10(3)16-13/h8,11H,5-7H2,1-4H3,(H,15,16,17). The summed E-state index contributed by atoms with van der Waals surface area (Å²) in [6, 6.07) is 0.463. The Morgan fingerprint density at radius 3 is 2.72 bits per heavy atom. The van der Waals surface area contributed by atoms with Gasteiger partial charge in [0.05, 0.1) is 0 Å². The van der Waals surface area contributed by atoms with Crippen molar-refractivity contribution in [3.63, 3.8) is 0 Å². The van der Waals surface area contributed by atoms with Crippen molar-refractivity contribution < 1.29 is 0 Å². The minimum atomic E-state index is 0.463. The van der Waals surface area contributed by atoms with Crippen LogP contribution in [0.4, 0.5) is 5.82 Å². The van der Waals surface area contributed by atoms with Gasteiger partial charge in [-0.1, -0.05) is 18.5 Å². The maximum absolute atomic E-state index is 6.10. The lowest BCUT2D eigenvalue weighted by Crippen LogP contribution is -2.43. The lowest BCUT2D eigenvalue weighted by Gasteiger charge is -2.35.